The predicted molar refractivity (Wildman–Crippen MR) is 83.7 cm³/mol. The zero-order chi connectivity index (χ0) is 14.4. The van der Waals surface area contributed by atoms with Crippen LogP contribution in [0.25, 0.3) is 0 Å². The second-order valence-corrected chi connectivity index (χ2v) is 5.44. The Morgan fingerprint density at radius 1 is 1.05 bits per heavy atom. The first-order chi connectivity index (χ1) is 9.70. The van der Waals surface area contributed by atoms with Gasteiger partial charge in [0, 0.05) is 10.4 Å². The molecule has 20 heavy (non-hydrogen) atoms. The van der Waals surface area contributed by atoms with Gasteiger partial charge in [0.05, 0.1) is 13.0 Å². The van der Waals surface area contributed by atoms with Crippen molar-refractivity contribution in [3.63, 3.8) is 0 Å². The maximum Gasteiger partial charge on any atom is 0.306 e. The van der Waals surface area contributed by atoms with Gasteiger partial charge in [-0.2, -0.15) is 0 Å². The second kappa shape index (κ2) is 7.25. The first-order valence-corrected chi connectivity index (χ1v) is 7.46. The van der Waals surface area contributed by atoms with Crippen LogP contribution in [-0.4, -0.2) is 12.6 Å². The summed E-state index contributed by atoms with van der Waals surface area (Å²) in [5.41, 5.74) is 2.25. The minimum Gasteiger partial charge on any atom is -0.466 e. The Morgan fingerprint density at radius 3 is 2.25 bits per heavy atom. The van der Waals surface area contributed by atoms with Crippen LogP contribution in [0.3, 0.4) is 0 Å². The summed E-state index contributed by atoms with van der Waals surface area (Å²) in [5, 5.41) is 0. The fourth-order valence-electron chi connectivity index (χ4n) is 2.20. The van der Waals surface area contributed by atoms with Crippen molar-refractivity contribution < 1.29 is 9.53 Å². The van der Waals surface area contributed by atoms with E-state index in [1.54, 1.807) is 0 Å². The highest BCUT2D eigenvalue weighted by Gasteiger charge is 2.18. The molecule has 0 aromatic heterocycles. The van der Waals surface area contributed by atoms with E-state index in [0.717, 1.165) is 15.6 Å². The molecule has 0 radical (unpaired) electrons. The molecule has 3 heteroatoms. The molecule has 0 aliphatic rings. The number of esters is 1. The highest BCUT2D eigenvalue weighted by atomic mass is 79.9. The summed E-state index contributed by atoms with van der Waals surface area (Å²) in [4.78, 5) is 11.8. The predicted octanol–water partition coefficient (Wildman–Crippen LogP) is 4.53. The Bertz CT molecular complexity index is 549. The molecule has 0 spiro atoms. The lowest BCUT2D eigenvalue weighted by atomic mass is 9.89. The third-order valence-corrected chi connectivity index (χ3v) is 3.68. The maximum absolute atomic E-state index is 11.8. The SMILES string of the molecule is CCOC(=O)CC(c1ccccc1)c1ccc(Br)cc1. The van der Waals surface area contributed by atoms with Gasteiger partial charge in [-0.3, -0.25) is 4.79 Å². The van der Waals surface area contributed by atoms with Gasteiger partial charge >= 0.3 is 5.97 Å². The van der Waals surface area contributed by atoms with Crippen molar-refractivity contribution in [2.45, 2.75) is 19.3 Å². The molecule has 0 aliphatic heterocycles. The second-order valence-electron chi connectivity index (χ2n) is 4.52. The molecule has 0 amide bonds. The van der Waals surface area contributed by atoms with Crippen LogP contribution in [0, 0.1) is 0 Å². The molecular weight excluding hydrogens is 316 g/mol. The summed E-state index contributed by atoms with van der Waals surface area (Å²) in [7, 11) is 0. The van der Waals surface area contributed by atoms with Crippen molar-refractivity contribution in [3.8, 4) is 0 Å². The van der Waals surface area contributed by atoms with Crippen LogP contribution in [-0.2, 0) is 9.53 Å². The minimum absolute atomic E-state index is 0.0309. The largest absolute Gasteiger partial charge is 0.466 e. The van der Waals surface area contributed by atoms with Gasteiger partial charge in [-0.15, -0.1) is 0 Å². The molecule has 0 aliphatic carbocycles. The Hall–Kier alpha value is -1.61. The van der Waals surface area contributed by atoms with E-state index >= 15 is 0 Å². The van der Waals surface area contributed by atoms with Crippen molar-refractivity contribution in [2.24, 2.45) is 0 Å². The van der Waals surface area contributed by atoms with Crippen molar-refractivity contribution in [1.29, 1.82) is 0 Å². The fourth-order valence-corrected chi connectivity index (χ4v) is 2.46. The molecule has 2 aromatic rings. The third-order valence-electron chi connectivity index (χ3n) is 3.15. The van der Waals surface area contributed by atoms with Crippen LogP contribution in [0.2, 0.25) is 0 Å². The average Bonchev–Trinajstić information content (AvgIpc) is 2.47. The fraction of sp³-hybridized carbons (Fsp3) is 0.235. The van der Waals surface area contributed by atoms with Crippen LogP contribution >= 0.6 is 15.9 Å². The van der Waals surface area contributed by atoms with E-state index in [1.165, 1.54) is 0 Å². The Balaban J connectivity index is 2.29. The van der Waals surface area contributed by atoms with Gasteiger partial charge in [0.1, 0.15) is 0 Å². The number of hydrogen-bond acceptors (Lipinski definition) is 2. The zero-order valence-electron chi connectivity index (χ0n) is 11.4. The number of rotatable bonds is 5. The van der Waals surface area contributed by atoms with Crippen LogP contribution in [0.1, 0.15) is 30.4 Å². The van der Waals surface area contributed by atoms with E-state index in [2.05, 4.69) is 15.9 Å². The number of carbonyl (C=O) groups is 1. The molecule has 2 aromatic carbocycles. The van der Waals surface area contributed by atoms with Gasteiger partial charge in [-0.1, -0.05) is 58.4 Å². The van der Waals surface area contributed by atoms with Crippen molar-refractivity contribution in [1.82, 2.24) is 0 Å². The molecule has 2 nitrogen and oxygen atoms in total. The standard InChI is InChI=1S/C17H17BrO2/c1-2-20-17(19)12-16(13-6-4-3-5-7-13)14-8-10-15(18)11-9-14/h3-11,16H,2,12H2,1H3. The van der Waals surface area contributed by atoms with Crippen molar-refractivity contribution in [2.75, 3.05) is 6.61 Å². The molecule has 0 saturated carbocycles. The summed E-state index contributed by atoms with van der Waals surface area (Å²) in [5.74, 6) is -0.132. The van der Waals surface area contributed by atoms with E-state index in [1.807, 2.05) is 61.5 Å². The molecule has 1 unspecified atom stereocenters. The Kier molecular flexibility index (Phi) is 5.36. The minimum atomic E-state index is -0.163. The molecule has 0 bridgehead atoms. The van der Waals surface area contributed by atoms with E-state index < -0.39 is 0 Å². The molecule has 104 valence electrons. The van der Waals surface area contributed by atoms with E-state index in [9.17, 15) is 4.79 Å². The van der Waals surface area contributed by atoms with Crippen LogP contribution in [0.4, 0.5) is 0 Å². The topological polar surface area (TPSA) is 26.3 Å². The average molecular weight is 333 g/mol. The van der Waals surface area contributed by atoms with Gasteiger partial charge in [0.25, 0.3) is 0 Å². The highest BCUT2D eigenvalue weighted by molar-refractivity contribution is 9.10. The molecule has 0 fully saturated rings. The Morgan fingerprint density at radius 2 is 1.65 bits per heavy atom. The molecular formula is C17H17BrO2. The monoisotopic (exact) mass is 332 g/mol. The van der Waals surface area contributed by atoms with E-state index in [0.29, 0.717) is 13.0 Å². The first-order valence-electron chi connectivity index (χ1n) is 6.66. The third kappa shape index (κ3) is 3.94. The first kappa shape index (κ1) is 14.8. The molecule has 0 saturated heterocycles. The lowest BCUT2D eigenvalue weighted by Gasteiger charge is -2.17. The number of ether oxygens (including phenoxy) is 1. The number of hydrogen-bond donors (Lipinski definition) is 0. The quantitative estimate of drug-likeness (QED) is 0.751. The van der Waals surface area contributed by atoms with Crippen molar-refractivity contribution >= 4 is 21.9 Å². The number of carbonyl (C=O) groups excluding carboxylic acids is 1. The highest BCUT2D eigenvalue weighted by Crippen LogP contribution is 2.29. The number of halogens is 1. The summed E-state index contributed by atoms with van der Waals surface area (Å²) in [6.45, 7) is 2.25. The smallest absolute Gasteiger partial charge is 0.306 e. The molecule has 0 heterocycles. The van der Waals surface area contributed by atoms with Gasteiger partial charge in [0.2, 0.25) is 0 Å². The lowest BCUT2D eigenvalue weighted by molar-refractivity contribution is -0.143. The summed E-state index contributed by atoms with van der Waals surface area (Å²) in [6.07, 6.45) is 0.361. The van der Waals surface area contributed by atoms with Gasteiger partial charge in [0.15, 0.2) is 0 Å². The molecule has 1 atom stereocenters. The van der Waals surface area contributed by atoms with Crippen molar-refractivity contribution in [3.05, 3.63) is 70.2 Å². The molecule has 2 rings (SSSR count). The van der Waals surface area contributed by atoms with Crippen LogP contribution in [0.15, 0.2) is 59.1 Å². The van der Waals surface area contributed by atoms with Gasteiger partial charge in [-0.05, 0) is 30.2 Å². The normalized spacial score (nSPS) is 11.9. The Labute approximate surface area is 127 Å². The van der Waals surface area contributed by atoms with Gasteiger partial charge < -0.3 is 4.74 Å². The van der Waals surface area contributed by atoms with Crippen LogP contribution < -0.4 is 0 Å². The van der Waals surface area contributed by atoms with E-state index in [-0.39, 0.29) is 11.9 Å². The van der Waals surface area contributed by atoms with Crippen LogP contribution in [0.5, 0.6) is 0 Å². The zero-order valence-corrected chi connectivity index (χ0v) is 13.0. The van der Waals surface area contributed by atoms with Gasteiger partial charge in [-0.25, -0.2) is 0 Å². The summed E-state index contributed by atoms with van der Waals surface area (Å²) < 4.78 is 6.12. The molecule has 0 N–H and O–H groups in total. The number of benzene rings is 2. The maximum atomic E-state index is 11.8. The van der Waals surface area contributed by atoms with E-state index in [4.69, 9.17) is 4.74 Å². The summed E-state index contributed by atoms with van der Waals surface area (Å²) >= 11 is 3.43. The summed E-state index contributed by atoms with van der Waals surface area (Å²) in [6, 6.07) is 18.1. The lowest BCUT2D eigenvalue weighted by Crippen LogP contribution is -2.11.